The second-order valence-electron chi connectivity index (χ2n) is 12.4. The monoisotopic (exact) mass is 632 g/mol. The van der Waals surface area contributed by atoms with Crippen LogP contribution < -0.4 is 16.0 Å². The normalized spacial score (nSPS) is 26.4. The highest BCUT2D eigenvalue weighted by atomic mass is 32.2. The van der Waals surface area contributed by atoms with Gasteiger partial charge in [0, 0.05) is 74.1 Å². The molecule has 0 aromatic carbocycles. The standard InChI is InChI=1S/C34H40N4O4S2/c1-15-21(7-9-31(39)40)27-13-28-22(8-10-32(41)42)16(2)24(36-28)12-29-33(19(5)43)17(3)25(37-29)14-30-34(20(6)44-34)18(4)26(38-30)11-23(15)35-27/h11-14,18-20,35-38,43H,7-10H2,1-6H3,(H,39,40)(H,41,42)/b24-12-,26-11-,28-13-,30-14-/t18?,19-,20?,34+/m0/s1. The van der Waals surface area contributed by atoms with Crippen molar-refractivity contribution < 1.29 is 19.8 Å². The highest BCUT2D eigenvalue weighted by molar-refractivity contribution is 8.09. The van der Waals surface area contributed by atoms with Crippen LogP contribution in [0.5, 0.6) is 0 Å². The van der Waals surface area contributed by atoms with Crippen molar-refractivity contribution in [3.63, 3.8) is 0 Å². The summed E-state index contributed by atoms with van der Waals surface area (Å²) >= 11 is 6.84. The number of rotatable bonds is 7. The van der Waals surface area contributed by atoms with Crippen molar-refractivity contribution in [1.82, 2.24) is 20.3 Å². The summed E-state index contributed by atoms with van der Waals surface area (Å²) in [6.07, 6.45) is 9.34. The van der Waals surface area contributed by atoms with Crippen LogP contribution in [0.25, 0.3) is 24.3 Å². The first-order chi connectivity index (χ1) is 20.8. The molecule has 3 aliphatic heterocycles. The maximum absolute atomic E-state index is 11.6. The number of carbonyl (C=O) groups is 2. The molecule has 2 fully saturated rings. The van der Waals surface area contributed by atoms with Crippen molar-refractivity contribution in [3.05, 3.63) is 78.2 Å². The van der Waals surface area contributed by atoms with E-state index in [-0.39, 0.29) is 28.8 Å². The zero-order chi connectivity index (χ0) is 31.7. The highest BCUT2D eigenvalue weighted by Gasteiger charge is 2.63. The Morgan fingerprint density at radius 1 is 0.841 bits per heavy atom. The largest absolute Gasteiger partial charge is 0.481 e. The van der Waals surface area contributed by atoms with Crippen LogP contribution in [0.3, 0.4) is 0 Å². The van der Waals surface area contributed by atoms with Gasteiger partial charge in [-0.1, -0.05) is 13.8 Å². The molecular weight excluding hydrogens is 593 g/mol. The maximum Gasteiger partial charge on any atom is 0.303 e. The molecule has 1 spiro atoms. The first-order valence-corrected chi connectivity index (χ1v) is 16.6. The zero-order valence-electron chi connectivity index (χ0n) is 25.9. The molecule has 232 valence electrons. The number of hydrogen-bond acceptors (Lipinski definition) is 5. The number of allylic oxidation sites excluding steroid dienone is 1. The van der Waals surface area contributed by atoms with Gasteiger partial charge in [-0.3, -0.25) is 9.59 Å². The molecule has 3 aliphatic rings. The Bertz CT molecular complexity index is 1890. The number of fused-ring (bicyclic) bond motifs is 9. The van der Waals surface area contributed by atoms with Crippen LogP contribution in [-0.2, 0) is 22.4 Å². The molecule has 44 heavy (non-hydrogen) atoms. The lowest BCUT2D eigenvalue weighted by atomic mass is 9.90. The van der Waals surface area contributed by atoms with Crippen molar-refractivity contribution in [3.8, 4) is 0 Å². The number of carboxylic acid groups (broad SMARTS) is 2. The zero-order valence-corrected chi connectivity index (χ0v) is 27.6. The quantitative estimate of drug-likeness (QED) is 0.143. The third-order valence-corrected chi connectivity index (χ3v) is 11.8. The number of hydrogen-bond donors (Lipinski definition) is 7. The number of thiol groups is 1. The summed E-state index contributed by atoms with van der Waals surface area (Å²) in [5.74, 6) is -1.45. The van der Waals surface area contributed by atoms with E-state index in [1.807, 2.05) is 31.7 Å². The second-order valence-corrected chi connectivity index (χ2v) is 14.8. The van der Waals surface area contributed by atoms with E-state index >= 15 is 0 Å². The van der Waals surface area contributed by atoms with Gasteiger partial charge in [0.25, 0.3) is 0 Å². The molecule has 0 amide bonds. The van der Waals surface area contributed by atoms with Crippen molar-refractivity contribution in [2.45, 2.75) is 82.5 Å². The molecule has 3 aromatic heterocycles. The summed E-state index contributed by atoms with van der Waals surface area (Å²) in [7, 11) is 0. The van der Waals surface area contributed by atoms with E-state index in [1.165, 1.54) is 5.70 Å². The Morgan fingerprint density at radius 2 is 1.43 bits per heavy atom. The lowest BCUT2D eigenvalue weighted by Gasteiger charge is -2.13. The minimum Gasteiger partial charge on any atom is -0.481 e. The predicted octanol–water partition coefficient (Wildman–Crippen LogP) is 5.09. The first kappa shape index (κ1) is 30.5. The van der Waals surface area contributed by atoms with Crippen molar-refractivity contribution in [1.29, 1.82) is 0 Å². The third kappa shape index (κ3) is 5.05. The van der Waals surface area contributed by atoms with E-state index in [4.69, 9.17) is 12.6 Å². The maximum atomic E-state index is 11.6. The van der Waals surface area contributed by atoms with Gasteiger partial charge in [0.05, 0.1) is 4.75 Å². The molecule has 3 aromatic rings. The van der Waals surface area contributed by atoms with Gasteiger partial charge in [0.15, 0.2) is 0 Å². The van der Waals surface area contributed by atoms with Gasteiger partial charge < -0.3 is 30.5 Å². The predicted molar refractivity (Wildman–Crippen MR) is 180 cm³/mol. The van der Waals surface area contributed by atoms with Crippen molar-refractivity contribution in [2.24, 2.45) is 5.92 Å². The van der Waals surface area contributed by atoms with E-state index < -0.39 is 11.9 Å². The van der Waals surface area contributed by atoms with Gasteiger partial charge >= 0.3 is 11.9 Å². The third-order valence-electron chi connectivity index (χ3n) is 9.76. The Hall–Kier alpha value is -3.50. The molecule has 8 bridgehead atoms. The van der Waals surface area contributed by atoms with Gasteiger partial charge in [-0.2, -0.15) is 12.6 Å². The number of aromatic nitrogens is 3. The lowest BCUT2D eigenvalue weighted by molar-refractivity contribution is -0.138. The molecule has 4 atom stereocenters. The van der Waals surface area contributed by atoms with Crippen LogP contribution in [0.2, 0.25) is 0 Å². The fourth-order valence-corrected chi connectivity index (χ4v) is 8.92. The molecule has 6 heterocycles. The van der Waals surface area contributed by atoms with Crippen molar-refractivity contribution in [2.75, 3.05) is 0 Å². The summed E-state index contributed by atoms with van der Waals surface area (Å²) in [6.45, 7) is 12.8. The SMILES string of the molecule is Cc1c2[nH]c(c1CCC(=O)O)/C=c1\[nH]/c(c(C)c1CCC(=O)O)=C\c1[nH]c(c(C)c1[C@H](C)S)/C=C1\N/C(=C\2)C(C)[C@]12SC2C. The minimum absolute atomic E-state index is 0.00590. The molecular formula is C34H40N4O4S2. The summed E-state index contributed by atoms with van der Waals surface area (Å²) in [5.41, 5.74) is 12.3. The molecule has 0 aliphatic carbocycles. The summed E-state index contributed by atoms with van der Waals surface area (Å²) in [5, 5.41) is 25.0. The molecule has 10 heteroatoms. The van der Waals surface area contributed by atoms with Crippen LogP contribution in [0.1, 0.15) is 95.0 Å². The van der Waals surface area contributed by atoms with Gasteiger partial charge in [-0.15, -0.1) is 11.8 Å². The average molecular weight is 633 g/mol. The average Bonchev–Trinajstić information content (AvgIpc) is 3.08. The second kappa shape index (κ2) is 11.1. The Labute approximate surface area is 266 Å². The number of aromatic amines is 3. The Balaban J connectivity index is 1.67. The lowest BCUT2D eigenvalue weighted by Crippen LogP contribution is -2.20. The van der Waals surface area contributed by atoms with Gasteiger partial charge in [0.1, 0.15) is 0 Å². The Morgan fingerprint density at radius 3 is 2.05 bits per heavy atom. The van der Waals surface area contributed by atoms with Crippen LogP contribution >= 0.6 is 24.4 Å². The number of thioether (sulfide) groups is 1. The van der Waals surface area contributed by atoms with E-state index in [2.05, 4.69) is 66.2 Å². The first-order valence-electron chi connectivity index (χ1n) is 15.2. The molecule has 0 radical (unpaired) electrons. The molecule has 2 unspecified atom stereocenters. The van der Waals surface area contributed by atoms with Gasteiger partial charge in [-0.25, -0.2) is 0 Å². The van der Waals surface area contributed by atoms with E-state index in [0.717, 1.165) is 72.6 Å². The van der Waals surface area contributed by atoms with E-state index in [0.29, 0.717) is 18.1 Å². The Kier molecular flexibility index (Phi) is 7.73. The number of H-pyrrole nitrogens is 3. The van der Waals surface area contributed by atoms with Crippen LogP contribution in [0, 0.1) is 26.7 Å². The van der Waals surface area contributed by atoms with Gasteiger partial charge in [0.2, 0.25) is 0 Å². The number of aliphatic carboxylic acids is 2. The molecule has 8 nitrogen and oxygen atoms in total. The molecule has 6 N–H and O–H groups in total. The summed E-state index contributed by atoms with van der Waals surface area (Å²) in [6, 6.07) is 0. The molecule has 6 rings (SSSR count). The minimum atomic E-state index is -0.853. The van der Waals surface area contributed by atoms with E-state index in [1.54, 1.807) is 0 Å². The van der Waals surface area contributed by atoms with E-state index in [9.17, 15) is 19.8 Å². The topological polar surface area (TPSA) is 134 Å². The number of nitrogens with one attached hydrogen (secondary N) is 4. The van der Waals surface area contributed by atoms with Crippen molar-refractivity contribution >= 4 is 60.6 Å². The fourth-order valence-electron chi connectivity index (χ4n) is 7.17. The number of carboxylic acids is 2. The van der Waals surface area contributed by atoms with Crippen LogP contribution in [0.15, 0.2) is 11.4 Å². The van der Waals surface area contributed by atoms with Gasteiger partial charge in [-0.05, 0) is 98.2 Å². The summed E-state index contributed by atoms with van der Waals surface area (Å²) in [4.78, 5) is 34.1. The fraction of sp³-hybridized carbons (Fsp3) is 0.412. The summed E-state index contributed by atoms with van der Waals surface area (Å²) < 4.78 is -0.0286. The smallest absolute Gasteiger partial charge is 0.303 e. The highest BCUT2D eigenvalue weighted by Crippen LogP contribution is 2.66. The van der Waals surface area contributed by atoms with Crippen LogP contribution in [0.4, 0.5) is 0 Å². The molecule has 2 saturated heterocycles. The molecule has 0 saturated carbocycles. The van der Waals surface area contributed by atoms with Crippen LogP contribution in [-0.4, -0.2) is 47.1 Å².